The number of piperidine rings is 1. The van der Waals surface area contributed by atoms with E-state index in [0.29, 0.717) is 12.8 Å². The third kappa shape index (κ3) is 3.38. The molecule has 2 N–H and O–H groups in total. The summed E-state index contributed by atoms with van der Waals surface area (Å²) >= 11 is 0. The standard InChI is InChI=1S/C20H26N4O3/c25-17(14-24-18(26)20(22-19(24)27)10-4-5-11-20)21-15-8-2-3-9-16(15)23-12-6-1-7-13-23/h2-3,8-9H,1,4-7,10-14H2,(H,21,25)(H,22,27). The summed E-state index contributed by atoms with van der Waals surface area (Å²) in [6.07, 6.45) is 6.70. The van der Waals surface area contributed by atoms with Crippen LogP contribution in [0.25, 0.3) is 0 Å². The molecule has 0 aromatic heterocycles. The number of hydrogen-bond acceptors (Lipinski definition) is 4. The van der Waals surface area contributed by atoms with E-state index in [0.717, 1.165) is 55.0 Å². The lowest BCUT2D eigenvalue weighted by Gasteiger charge is -2.30. The molecule has 3 fully saturated rings. The molecule has 2 heterocycles. The van der Waals surface area contributed by atoms with Crippen molar-refractivity contribution in [3.05, 3.63) is 24.3 Å². The van der Waals surface area contributed by atoms with Gasteiger partial charge < -0.3 is 15.5 Å². The number of carbonyl (C=O) groups excluding carboxylic acids is 3. The third-order valence-corrected chi connectivity index (χ3v) is 5.88. The van der Waals surface area contributed by atoms with Gasteiger partial charge in [-0.15, -0.1) is 0 Å². The van der Waals surface area contributed by atoms with Gasteiger partial charge in [0.25, 0.3) is 5.91 Å². The van der Waals surface area contributed by atoms with Gasteiger partial charge in [0.05, 0.1) is 11.4 Å². The van der Waals surface area contributed by atoms with Crippen molar-refractivity contribution in [2.45, 2.75) is 50.5 Å². The monoisotopic (exact) mass is 370 g/mol. The Morgan fingerprint density at radius 2 is 1.74 bits per heavy atom. The molecular formula is C20H26N4O3. The lowest BCUT2D eigenvalue weighted by molar-refractivity contribution is -0.133. The van der Waals surface area contributed by atoms with Crippen molar-refractivity contribution in [2.75, 3.05) is 29.9 Å². The SMILES string of the molecule is O=C(CN1C(=O)NC2(CCCC2)C1=O)Nc1ccccc1N1CCCCC1. The molecule has 4 rings (SSSR count). The second-order valence-electron chi connectivity index (χ2n) is 7.72. The van der Waals surface area contributed by atoms with Crippen LogP contribution in [0.2, 0.25) is 0 Å². The summed E-state index contributed by atoms with van der Waals surface area (Å²) in [4.78, 5) is 40.9. The number of para-hydroxylation sites is 2. The van der Waals surface area contributed by atoms with Gasteiger partial charge in [-0.05, 0) is 44.2 Å². The Bertz CT molecular complexity index is 751. The minimum absolute atomic E-state index is 0.249. The van der Waals surface area contributed by atoms with Crippen molar-refractivity contribution < 1.29 is 14.4 Å². The van der Waals surface area contributed by atoms with Gasteiger partial charge >= 0.3 is 6.03 Å². The van der Waals surface area contributed by atoms with Crippen LogP contribution in [0.1, 0.15) is 44.9 Å². The largest absolute Gasteiger partial charge is 0.370 e. The summed E-state index contributed by atoms with van der Waals surface area (Å²) < 4.78 is 0. The first-order valence-corrected chi connectivity index (χ1v) is 9.87. The zero-order chi connectivity index (χ0) is 18.9. The van der Waals surface area contributed by atoms with Crippen LogP contribution >= 0.6 is 0 Å². The fourth-order valence-electron chi connectivity index (χ4n) is 4.46. The average molecular weight is 370 g/mol. The predicted molar refractivity (Wildman–Crippen MR) is 103 cm³/mol. The highest BCUT2D eigenvalue weighted by molar-refractivity contribution is 6.10. The van der Waals surface area contributed by atoms with E-state index >= 15 is 0 Å². The molecule has 1 spiro atoms. The van der Waals surface area contributed by atoms with Gasteiger partial charge in [-0.3, -0.25) is 14.5 Å². The maximum Gasteiger partial charge on any atom is 0.325 e. The second-order valence-corrected chi connectivity index (χ2v) is 7.72. The summed E-state index contributed by atoms with van der Waals surface area (Å²) in [5.41, 5.74) is 0.949. The molecule has 3 aliphatic rings. The van der Waals surface area contributed by atoms with Crippen LogP contribution in [0.15, 0.2) is 24.3 Å². The molecule has 1 aromatic carbocycles. The zero-order valence-corrected chi connectivity index (χ0v) is 15.5. The molecule has 27 heavy (non-hydrogen) atoms. The second kappa shape index (κ2) is 7.21. The summed E-state index contributed by atoms with van der Waals surface area (Å²) in [5, 5.41) is 5.71. The van der Waals surface area contributed by atoms with E-state index in [4.69, 9.17) is 0 Å². The molecule has 0 atom stereocenters. The number of nitrogens with one attached hydrogen (secondary N) is 2. The molecule has 2 saturated heterocycles. The van der Waals surface area contributed by atoms with Gasteiger partial charge in [0.15, 0.2) is 0 Å². The van der Waals surface area contributed by atoms with E-state index in [2.05, 4.69) is 15.5 Å². The smallest absolute Gasteiger partial charge is 0.325 e. The Kier molecular flexibility index (Phi) is 4.76. The van der Waals surface area contributed by atoms with Gasteiger partial charge in [-0.1, -0.05) is 25.0 Å². The van der Waals surface area contributed by atoms with Gasteiger partial charge in [-0.2, -0.15) is 0 Å². The molecule has 0 unspecified atom stereocenters. The fourth-order valence-corrected chi connectivity index (χ4v) is 4.46. The van der Waals surface area contributed by atoms with E-state index in [9.17, 15) is 14.4 Å². The number of urea groups is 1. The number of carbonyl (C=O) groups is 3. The van der Waals surface area contributed by atoms with Crippen molar-refractivity contribution in [3.63, 3.8) is 0 Å². The summed E-state index contributed by atoms with van der Waals surface area (Å²) in [6.45, 7) is 1.70. The van der Waals surface area contributed by atoms with Crippen LogP contribution < -0.4 is 15.5 Å². The molecule has 1 aliphatic carbocycles. The highest BCUT2D eigenvalue weighted by Crippen LogP contribution is 2.35. The Hall–Kier alpha value is -2.57. The predicted octanol–water partition coefficient (Wildman–Crippen LogP) is 2.48. The minimum Gasteiger partial charge on any atom is -0.370 e. The van der Waals surface area contributed by atoms with Crippen molar-refractivity contribution in [2.24, 2.45) is 0 Å². The van der Waals surface area contributed by atoms with E-state index in [1.807, 2.05) is 24.3 Å². The lowest BCUT2D eigenvalue weighted by atomic mass is 9.98. The molecule has 1 aromatic rings. The number of imide groups is 1. The molecule has 4 amide bonds. The van der Waals surface area contributed by atoms with Crippen LogP contribution in [0.3, 0.4) is 0 Å². The molecule has 0 bridgehead atoms. The van der Waals surface area contributed by atoms with Crippen LogP contribution in [-0.2, 0) is 9.59 Å². The van der Waals surface area contributed by atoms with E-state index in [1.54, 1.807) is 0 Å². The first-order chi connectivity index (χ1) is 13.1. The molecule has 7 heteroatoms. The van der Waals surface area contributed by atoms with Crippen molar-refractivity contribution in [3.8, 4) is 0 Å². The van der Waals surface area contributed by atoms with Crippen molar-refractivity contribution >= 4 is 29.2 Å². The van der Waals surface area contributed by atoms with E-state index in [1.165, 1.54) is 6.42 Å². The van der Waals surface area contributed by atoms with Gasteiger partial charge in [-0.25, -0.2) is 4.79 Å². The lowest BCUT2D eigenvalue weighted by Crippen LogP contribution is -2.44. The topological polar surface area (TPSA) is 81.8 Å². The number of amides is 4. The van der Waals surface area contributed by atoms with Crippen LogP contribution in [0.5, 0.6) is 0 Å². The number of benzene rings is 1. The maximum atomic E-state index is 12.7. The van der Waals surface area contributed by atoms with E-state index < -0.39 is 11.6 Å². The summed E-state index contributed by atoms with van der Waals surface area (Å²) in [6, 6.07) is 7.25. The first-order valence-electron chi connectivity index (χ1n) is 9.87. The fraction of sp³-hybridized carbons (Fsp3) is 0.550. The van der Waals surface area contributed by atoms with Gasteiger partial charge in [0.2, 0.25) is 5.91 Å². The number of rotatable bonds is 4. The van der Waals surface area contributed by atoms with E-state index in [-0.39, 0.29) is 18.4 Å². The quantitative estimate of drug-likeness (QED) is 0.798. The Balaban J connectivity index is 1.44. The molecule has 7 nitrogen and oxygen atoms in total. The Morgan fingerprint density at radius 1 is 1.04 bits per heavy atom. The summed E-state index contributed by atoms with van der Waals surface area (Å²) in [5.74, 6) is -0.609. The molecule has 0 radical (unpaired) electrons. The molecular weight excluding hydrogens is 344 g/mol. The van der Waals surface area contributed by atoms with Crippen molar-refractivity contribution in [1.82, 2.24) is 10.2 Å². The molecule has 144 valence electrons. The Labute approximate surface area is 159 Å². The van der Waals surface area contributed by atoms with Crippen LogP contribution in [-0.4, -0.2) is 47.9 Å². The number of hydrogen-bond donors (Lipinski definition) is 2. The van der Waals surface area contributed by atoms with Crippen molar-refractivity contribution in [1.29, 1.82) is 0 Å². The molecule has 2 aliphatic heterocycles. The highest BCUT2D eigenvalue weighted by atomic mass is 16.2. The number of nitrogens with zero attached hydrogens (tertiary/aromatic N) is 2. The van der Waals surface area contributed by atoms with Gasteiger partial charge in [0, 0.05) is 13.1 Å². The minimum atomic E-state index is -0.775. The highest BCUT2D eigenvalue weighted by Gasteiger charge is 2.52. The van der Waals surface area contributed by atoms with Crippen LogP contribution in [0.4, 0.5) is 16.2 Å². The maximum absolute atomic E-state index is 12.7. The first kappa shape index (κ1) is 17.8. The average Bonchev–Trinajstić information content (AvgIpc) is 3.24. The Morgan fingerprint density at radius 3 is 2.48 bits per heavy atom. The molecule has 1 saturated carbocycles. The normalized spacial score (nSPS) is 21.6. The third-order valence-electron chi connectivity index (χ3n) is 5.88. The zero-order valence-electron chi connectivity index (χ0n) is 15.5. The van der Waals surface area contributed by atoms with Gasteiger partial charge in [0.1, 0.15) is 12.1 Å². The van der Waals surface area contributed by atoms with Crippen LogP contribution in [0, 0.1) is 0 Å². The summed E-state index contributed by atoms with van der Waals surface area (Å²) in [7, 11) is 0. The number of anilines is 2.